The third kappa shape index (κ3) is 11.3. The molecule has 0 bridgehead atoms. The summed E-state index contributed by atoms with van der Waals surface area (Å²) in [5.74, 6) is -2.24. The number of hydrogen-bond acceptors (Lipinski definition) is 7. The van der Waals surface area contributed by atoms with Crippen molar-refractivity contribution in [2.45, 2.75) is 57.3 Å². The fourth-order valence-electron chi connectivity index (χ4n) is 4.70. The summed E-state index contributed by atoms with van der Waals surface area (Å²) in [7, 11) is 0. The fourth-order valence-corrected chi connectivity index (χ4v) is 4.70. The minimum atomic E-state index is -1.05. The van der Waals surface area contributed by atoms with E-state index >= 15 is 0 Å². The second kappa shape index (κ2) is 18.0. The number of para-hydroxylation sites is 1. The Morgan fingerprint density at radius 3 is 2.36 bits per heavy atom. The molecule has 3 rings (SSSR count). The van der Waals surface area contributed by atoms with Gasteiger partial charge in [0, 0.05) is 29.6 Å². The molecule has 3 amide bonds. The highest BCUT2D eigenvalue weighted by molar-refractivity contribution is 5.87. The average molecular weight is 619 g/mol. The van der Waals surface area contributed by atoms with E-state index in [2.05, 4.69) is 34.1 Å². The molecule has 2 aromatic carbocycles. The van der Waals surface area contributed by atoms with Crippen molar-refractivity contribution in [2.24, 2.45) is 5.92 Å². The Morgan fingerprint density at radius 2 is 1.64 bits per heavy atom. The first-order valence-electron chi connectivity index (χ1n) is 14.8. The minimum absolute atomic E-state index is 0.0318. The molecule has 11 heteroatoms. The average Bonchev–Trinajstić information content (AvgIpc) is 3.45. The molecule has 4 atom stereocenters. The summed E-state index contributed by atoms with van der Waals surface area (Å²) in [6.07, 6.45) is 4.63. The van der Waals surface area contributed by atoms with Crippen LogP contribution in [0.3, 0.4) is 0 Å². The van der Waals surface area contributed by atoms with Crippen LogP contribution in [0.1, 0.15) is 37.3 Å². The number of aromatic amines is 1. The van der Waals surface area contributed by atoms with Crippen LogP contribution in [0.5, 0.6) is 0 Å². The molecule has 0 aliphatic carbocycles. The lowest BCUT2D eigenvalue weighted by atomic mass is 9.98. The highest BCUT2D eigenvalue weighted by Crippen LogP contribution is 2.20. The first kappa shape index (κ1) is 34.6. The normalized spacial score (nSPS) is 13.5. The largest absolute Gasteiger partial charge is 0.462 e. The summed E-state index contributed by atoms with van der Waals surface area (Å²) >= 11 is 0. The van der Waals surface area contributed by atoms with Crippen LogP contribution < -0.4 is 16.0 Å². The third-order valence-corrected chi connectivity index (χ3v) is 7.04. The molecule has 0 aliphatic rings. The van der Waals surface area contributed by atoms with Gasteiger partial charge in [-0.05, 0) is 43.4 Å². The lowest BCUT2D eigenvalue weighted by Gasteiger charge is -2.24. The van der Waals surface area contributed by atoms with Crippen molar-refractivity contribution in [1.82, 2.24) is 20.9 Å². The molecule has 5 N–H and O–H groups in total. The Labute approximate surface area is 263 Å². The maximum absolute atomic E-state index is 13.4. The lowest BCUT2D eigenvalue weighted by molar-refractivity contribution is -0.147. The number of aliphatic hydroxyl groups excluding tert-OH is 1. The minimum Gasteiger partial charge on any atom is -0.462 e. The van der Waals surface area contributed by atoms with Gasteiger partial charge >= 0.3 is 12.1 Å². The number of amides is 3. The van der Waals surface area contributed by atoms with Crippen molar-refractivity contribution in [2.75, 3.05) is 13.2 Å². The number of H-pyrrole nitrogens is 1. The van der Waals surface area contributed by atoms with Crippen LogP contribution in [-0.4, -0.2) is 65.3 Å². The van der Waals surface area contributed by atoms with E-state index < -0.39 is 42.0 Å². The molecule has 240 valence electrons. The van der Waals surface area contributed by atoms with Gasteiger partial charge in [-0.15, -0.1) is 13.2 Å². The molecule has 0 fully saturated rings. The molecule has 3 aromatic rings. The van der Waals surface area contributed by atoms with Gasteiger partial charge in [0.05, 0.1) is 18.6 Å². The third-order valence-electron chi connectivity index (χ3n) is 7.04. The van der Waals surface area contributed by atoms with Gasteiger partial charge in [0.2, 0.25) is 11.8 Å². The predicted molar refractivity (Wildman–Crippen MR) is 171 cm³/mol. The molecule has 0 aliphatic heterocycles. The van der Waals surface area contributed by atoms with E-state index in [1.807, 2.05) is 60.8 Å². The molecular weight excluding hydrogens is 576 g/mol. The highest BCUT2D eigenvalue weighted by Gasteiger charge is 2.27. The summed E-state index contributed by atoms with van der Waals surface area (Å²) in [5.41, 5.74) is 2.60. The van der Waals surface area contributed by atoms with E-state index in [0.717, 1.165) is 22.0 Å². The van der Waals surface area contributed by atoms with Crippen LogP contribution >= 0.6 is 0 Å². The summed E-state index contributed by atoms with van der Waals surface area (Å²) < 4.78 is 10.9. The van der Waals surface area contributed by atoms with Gasteiger partial charge in [0.1, 0.15) is 19.3 Å². The zero-order valence-corrected chi connectivity index (χ0v) is 25.5. The fraction of sp³-hybridized carbons (Fsp3) is 0.353. The molecule has 4 unspecified atom stereocenters. The second-order valence-corrected chi connectivity index (χ2v) is 10.8. The smallest absolute Gasteiger partial charge is 0.408 e. The number of aromatic nitrogens is 1. The predicted octanol–water partition coefficient (Wildman–Crippen LogP) is 3.69. The van der Waals surface area contributed by atoms with Gasteiger partial charge in [-0.25, -0.2) is 9.59 Å². The number of allylic oxidation sites excluding steroid dienone is 1. The van der Waals surface area contributed by atoms with E-state index in [4.69, 9.17) is 9.47 Å². The lowest BCUT2D eigenvalue weighted by Crippen LogP contribution is -2.47. The molecule has 0 spiro atoms. The second-order valence-electron chi connectivity index (χ2n) is 10.8. The Balaban J connectivity index is 1.70. The number of fused-ring (bicyclic) bond motifs is 1. The van der Waals surface area contributed by atoms with Crippen LogP contribution in [0.2, 0.25) is 0 Å². The van der Waals surface area contributed by atoms with Gasteiger partial charge in [0.25, 0.3) is 0 Å². The molecule has 45 heavy (non-hydrogen) atoms. The van der Waals surface area contributed by atoms with Crippen molar-refractivity contribution >= 4 is 34.8 Å². The van der Waals surface area contributed by atoms with E-state index in [0.29, 0.717) is 6.42 Å². The van der Waals surface area contributed by atoms with Crippen molar-refractivity contribution in [3.05, 3.63) is 97.2 Å². The summed E-state index contributed by atoms with van der Waals surface area (Å²) in [4.78, 5) is 54.7. The zero-order valence-electron chi connectivity index (χ0n) is 25.5. The number of esters is 1. The van der Waals surface area contributed by atoms with Crippen LogP contribution in [0, 0.1) is 5.92 Å². The Hall–Kier alpha value is -4.90. The number of aliphatic hydroxyl groups is 1. The molecule has 0 saturated carbocycles. The molecule has 1 aromatic heterocycles. The number of rotatable bonds is 18. The number of ether oxygens (including phenoxy) is 2. The molecule has 0 radical (unpaired) electrons. The van der Waals surface area contributed by atoms with Crippen molar-refractivity contribution in [3.63, 3.8) is 0 Å². The Bertz CT molecular complexity index is 1440. The number of hydrogen-bond donors (Lipinski definition) is 5. The SMILES string of the molecule is C=CCC(CC(=O)NC(C)CO)C(=O)NC(COC(=O)C(CC=C)NC(=O)OCc1ccccc1)Cc1c[nH]c2ccccc12. The van der Waals surface area contributed by atoms with Gasteiger partial charge in [0.15, 0.2) is 0 Å². The monoisotopic (exact) mass is 618 g/mol. The first-order valence-corrected chi connectivity index (χ1v) is 14.8. The van der Waals surface area contributed by atoms with Crippen LogP contribution in [0.25, 0.3) is 10.9 Å². The van der Waals surface area contributed by atoms with Crippen LogP contribution in [0.15, 0.2) is 86.1 Å². The molecule has 1 heterocycles. The van der Waals surface area contributed by atoms with E-state index in [-0.39, 0.29) is 45.0 Å². The van der Waals surface area contributed by atoms with E-state index in [1.165, 1.54) is 6.08 Å². The Morgan fingerprint density at radius 1 is 0.933 bits per heavy atom. The topological polar surface area (TPSA) is 159 Å². The van der Waals surface area contributed by atoms with Gasteiger partial charge in [-0.2, -0.15) is 0 Å². The number of nitrogens with one attached hydrogen (secondary N) is 4. The van der Waals surface area contributed by atoms with Crippen LogP contribution in [-0.2, 0) is 36.9 Å². The van der Waals surface area contributed by atoms with Gasteiger partial charge in [-0.3, -0.25) is 9.59 Å². The number of alkyl carbamates (subject to hydrolysis) is 1. The van der Waals surface area contributed by atoms with Crippen molar-refractivity contribution < 1.29 is 33.8 Å². The molecular formula is C34H42N4O7. The van der Waals surface area contributed by atoms with E-state index in [1.54, 1.807) is 13.0 Å². The van der Waals surface area contributed by atoms with Gasteiger partial charge < -0.3 is 35.5 Å². The number of carbonyl (C=O) groups excluding carboxylic acids is 4. The van der Waals surface area contributed by atoms with Gasteiger partial charge in [-0.1, -0.05) is 60.7 Å². The zero-order chi connectivity index (χ0) is 32.6. The first-order chi connectivity index (χ1) is 21.7. The summed E-state index contributed by atoms with van der Waals surface area (Å²) in [6.45, 7) is 8.64. The highest BCUT2D eigenvalue weighted by atomic mass is 16.6. The Kier molecular flexibility index (Phi) is 13.9. The number of carbonyl (C=O) groups is 4. The maximum Gasteiger partial charge on any atom is 0.408 e. The summed E-state index contributed by atoms with van der Waals surface area (Å²) in [6, 6.07) is 14.6. The van der Waals surface area contributed by atoms with Crippen molar-refractivity contribution in [1.29, 1.82) is 0 Å². The maximum atomic E-state index is 13.4. The quantitative estimate of drug-likeness (QED) is 0.107. The standard InChI is InChI=1S/C34H42N4O7/c1-4-11-25(18-31(40)36-23(3)20-39)32(41)37-27(17-26-19-35-29-16-10-9-15-28(26)29)22-44-33(42)30(12-5-2)38-34(43)45-21-24-13-7-6-8-14-24/h4-10,13-16,19,23,25,27,30,35,39H,1-2,11-12,17-18,20-22H2,3H3,(H,36,40)(H,37,41)(H,38,43). The summed E-state index contributed by atoms with van der Waals surface area (Å²) in [5, 5.41) is 18.3. The number of benzene rings is 2. The molecule has 11 nitrogen and oxygen atoms in total. The van der Waals surface area contributed by atoms with E-state index in [9.17, 15) is 24.3 Å². The molecule has 0 saturated heterocycles. The van der Waals surface area contributed by atoms with Crippen molar-refractivity contribution in [3.8, 4) is 0 Å². The van der Waals surface area contributed by atoms with Crippen LogP contribution in [0.4, 0.5) is 4.79 Å².